The van der Waals surface area contributed by atoms with Crippen LogP contribution in [0, 0.1) is 11.3 Å². The number of rotatable bonds is 3. The highest BCUT2D eigenvalue weighted by atomic mass is 15.1. The quantitative estimate of drug-likeness (QED) is 0.594. The minimum Gasteiger partial charge on any atom is -0.370 e. The Morgan fingerprint density at radius 2 is 2.12 bits per heavy atom. The smallest absolute Gasteiger partial charge is 0.189 e. The molecule has 0 aliphatic rings. The van der Waals surface area contributed by atoms with Crippen LogP contribution >= 0.6 is 0 Å². The summed E-state index contributed by atoms with van der Waals surface area (Å²) in [6, 6.07) is 9.58. The zero-order chi connectivity index (χ0) is 12.0. The molecule has 1 rings (SSSR count). The zero-order valence-corrected chi connectivity index (χ0v) is 9.57. The van der Waals surface area contributed by atoms with Gasteiger partial charge in [-0.25, -0.2) is 0 Å². The van der Waals surface area contributed by atoms with Gasteiger partial charge in [0.1, 0.15) is 0 Å². The minimum absolute atomic E-state index is 0.0862. The molecule has 84 valence electrons. The van der Waals surface area contributed by atoms with Gasteiger partial charge in [0.25, 0.3) is 0 Å². The minimum atomic E-state index is 0.0862. The first kappa shape index (κ1) is 12.1. The monoisotopic (exact) mass is 216 g/mol. The zero-order valence-electron chi connectivity index (χ0n) is 9.57. The van der Waals surface area contributed by atoms with E-state index in [2.05, 4.69) is 16.4 Å². The van der Waals surface area contributed by atoms with Crippen LogP contribution < -0.4 is 11.1 Å². The molecule has 1 aromatic carbocycles. The van der Waals surface area contributed by atoms with Gasteiger partial charge in [0.15, 0.2) is 5.96 Å². The summed E-state index contributed by atoms with van der Waals surface area (Å²) in [6.07, 6.45) is 0. The Morgan fingerprint density at radius 3 is 2.62 bits per heavy atom. The van der Waals surface area contributed by atoms with E-state index >= 15 is 0 Å². The number of aliphatic imine (C=N–C) groups is 1. The predicted octanol–water partition coefficient (Wildman–Crippen LogP) is 1.54. The highest BCUT2D eigenvalue weighted by Gasteiger charge is 2.05. The number of nitriles is 1. The SMILES string of the molecule is CCN=C(N)NC(C)c1ccc(C#N)cc1. The molecule has 0 spiro atoms. The van der Waals surface area contributed by atoms with E-state index in [1.54, 1.807) is 12.1 Å². The van der Waals surface area contributed by atoms with Crippen LogP contribution in [0.3, 0.4) is 0 Å². The fraction of sp³-hybridized carbons (Fsp3) is 0.333. The van der Waals surface area contributed by atoms with Gasteiger partial charge in [-0.15, -0.1) is 0 Å². The Morgan fingerprint density at radius 1 is 1.50 bits per heavy atom. The van der Waals surface area contributed by atoms with Crippen molar-refractivity contribution in [3.63, 3.8) is 0 Å². The topological polar surface area (TPSA) is 74.2 Å². The second-order valence-corrected chi connectivity index (χ2v) is 3.46. The number of nitrogens with zero attached hydrogens (tertiary/aromatic N) is 2. The van der Waals surface area contributed by atoms with E-state index in [1.165, 1.54) is 0 Å². The summed E-state index contributed by atoms with van der Waals surface area (Å²) < 4.78 is 0. The average molecular weight is 216 g/mol. The molecule has 16 heavy (non-hydrogen) atoms. The maximum Gasteiger partial charge on any atom is 0.189 e. The van der Waals surface area contributed by atoms with Crippen LogP contribution in [0.15, 0.2) is 29.3 Å². The molecule has 3 N–H and O–H groups in total. The average Bonchev–Trinajstić information content (AvgIpc) is 2.29. The van der Waals surface area contributed by atoms with Crippen molar-refractivity contribution in [3.05, 3.63) is 35.4 Å². The number of guanidine groups is 1. The molecule has 4 heteroatoms. The summed E-state index contributed by atoms with van der Waals surface area (Å²) in [7, 11) is 0. The third-order valence-electron chi connectivity index (χ3n) is 2.23. The number of benzene rings is 1. The molecule has 1 atom stereocenters. The lowest BCUT2D eigenvalue weighted by Gasteiger charge is -2.14. The first-order valence-electron chi connectivity index (χ1n) is 5.24. The molecule has 0 aliphatic heterocycles. The van der Waals surface area contributed by atoms with Crippen molar-refractivity contribution in [1.29, 1.82) is 5.26 Å². The molecule has 0 amide bonds. The third-order valence-corrected chi connectivity index (χ3v) is 2.23. The van der Waals surface area contributed by atoms with E-state index < -0.39 is 0 Å². The number of hydrogen-bond donors (Lipinski definition) is 2. The van der Waals surface area contributed by atoms with Crippen LogP contribution in [-0.2, 0) is 0 Å². The van der Waals surface area contributed by atoms with Crippen LogP contribution in [0.2, 0.25) is 0 Å². The van der Waals surface area contributed by atoms with Gasteiger partial charge in [-0.3, -0.25) is 4.99 Å². The molecule has 1 aromatic rings. The molecule has 0 fully saturated rings. The number of hydrogen-bond acceptors (Lipinski definition) is 2. The Labute approximate surface area is 95.8 Å². The normalized spacial score (nSPS) is 12.9. The Balaban J connectivity index is 2.70. The fourth-order valence-corrected chi connectivity index (χ4v) is 1.37. The van der Waals surface area contributed by atoms with Crippen molar-refractivity contribution in [3.8, 4) is 6.07 Å². The van der Waals surface area contributed by atoms with Gasteiger partial charge in [-0.05, 0) is 31.5 Å². The van der Waals surface area contributed by atoms with Gasteiger partial charge >= 0.3 is 0 Å². The lowest BCUT2D eigenvalue weighted by Crippen LogP contribution is -2.33. The van der Waals surface area contributed by atoms with Crippen molar-refractivity contribution in [2.75, 3.05) is 6.54 Å². The van der Waals surface area contributed by atoms with Crippen LogP contribution in [0.4, 0.5) is 0 Å². The van der Waals surface area contributed by atoms with Crippen LogP contribution in [0.25, 0.3) is 0 Å². The highest BCUT2D eigenvalue weighted by Crippen LogP contribution is 2.12. The molecular weight excluding hydrogens is 200 g/mol. The van der Waals surface area contributed by atoms with E-state index in [1.807, 2.05) is 26.0 Å². The molecule has 0 heterocycles. The van der Waals surface area contributed by atoms with E-state index in [-0.39, 0.29) is 6.04 Å². The first-order valence-corrected chi connectivity index (χ1v) is 5.24. The van der Waals surface area contributed by atoms with Gasteiger partial charge in [-0.2, -0.15) is 5.26 Å². The summed E-state index contributed by atoms with van der Waals surface area (Å²) in [5, 5.41) is 11.8. The third kappa shape index (κ3) is 3.28. The van der Waals surface area contributed by atoms with E-state index in [0.29, 0.717) is 18.1 Å². The van der Waals surface area contributed by atoms with E-state index in [9.17, 15) is 0 Å². The Hall–Kier alpha value is -2.02. The van der Waals surface area contributed by atoms with Crippen molar-refractivity contribution >= 4 is 5.96 Å². The van der Waals surface area contributed by atoms with Gasteiger partial charge < -0.3 is 11.1 Å². The summed E-state index contributed by atoms with van der Waals surface area (Å²) in [4.78, 5) is 4.05. The predicted molar refractivity (Wildman–Crippen MR) is 64.9 cm³/mol. The molecule has 0 saturated carbocycles. The second-order valence-electron chi connectivity index (χ2n) is 3.46. The van der Waals surface area contributed by atoms with Crippen LogP contribution in [-0.4, -0.2) is 12.5 Å². The molecule has 0 bridgehead atoms. The van der Waals surface area contributed by atoms with E-state index in [0.717, 1.165) is 5.56 Å². The van der Waals surface area contributed by atoms with Gasteiger partial charge in [-0.1, -0.05) is 12.1 Å². The fourth-order valence-electron chi connectivity index (χ4n) is 1.37. The molecule has 0 aliphatic carbocycles. The second kappa shape index (κ2) is 5.76. The lowest BCUT2D eigenvalue weighted by molar-refractivity contribution is 0.709. The van der Waals surface area contributed by atoms with Crippen molar-refractivity contribution in [1.82, 2.24) is 5.32 Å². The Kier molecular flexibility index (Phi) is 4.34. The van der Waals surface area contributed by atoms with Crippen molar-refractivity contribution in [2.45, 2.75) is 19.9 Å². The summed E-state index contributed by atoms with van der Waals surface area (Å²) in [5.74, 6) is 0.444. The first-order chi connectivity index (χ1) is 7.67. The molecular formula is C12H16N4. The summed E-state index contributed by atoms with van der Waals surface area (Å²) >= 11 is 0. The largest absolute Gasteiger partial charge is 0.370 e. The summed E-state index contributed by atoms with van der Waals surface area (Å²) in [6.45, 7) is 4.60. The lowest BCUT2D eigenvalue weighted by atomic mass is 10.1. The van der Waals surface area contributed by atoms with Gasteiger partial charge in [0, 0.05) is 6.54 Å². The summed E-state index contributed by atoms with van der Waals surface area (Å²) in [5.41, 5.74) is 7.40. The maximum absolute atomic E-state index is 8.68. The highest BCUT2D eigenvalue weighted by molar-refractivity contribution is 5.78. The van der Waals surface area contributed by atoms with Crippen LogP contribution in [0.1, 0.15) is 31.0 Å². The number of nitrogens with one attached hydrogen (secondary N) is 1. The Bertz CT molecular complexity index is 400. The molecule has 0 aromatic heterocycles. The molecule has 1 unspecified atom stereocenters. The standard InChI is InChI=1S/C12H16N4/c1-3-15-12(14)16-9(2)11-6-4-10(8-13)5-7-11/h4-7,9H,3H2,1-2H3,(H3,14,15,16). The van der Waals surface area contributed by atoms with Gasteiger partial charge in [0.2, 0.25) is 0 Å². The van der Waals surface area contributed by atoms with Gasteiger partial charge in [0.05, 0.1) is 17.7 Å². The molecule has 0 saturated heterocycles. The number of nitrogens with two attached hydrogens (primary N) is 1. The van der Waals surface area contributed by atoms with Crippen molar-refractivity contribution < 1.29 is 0 Å². The van der Waals surface area contributed by atoms with E-state index in [4.69, 9.17) is 11.0 Å². The van der Waals surface area contributed by atoms with Crippen molar-refractivity contribution in [2.24, 2.45) is 10.7 Å². The maximum atomic E-state index is 8.68. The molecule has 4 nitrogen and oxygen atoms in total. The van der Waals surface area contributed by atoms with Crippen LogP contribution in [0.5, 0.6) is 0 Å². The molecule has 0 radical (unpaired) electrons.